The van der Waals surface area contributed by atoms with Crippen molar-refractivity contribution in [3.63, 3.8) is 0 Å². The van der Waals surface area contributed by atoms with Gasteiger partial charge >= 0.3 is 0 Å². The Balaban J connectivity index is 2.11. The van der Waals surface area contributed by atoms with E-state index in [0.717, 1.165) is 17.0 Å². The second-order valence-electron chi connectivity index (χ2n) is 3.69. The van der Waals surface area contributed by atoms with E-state index in [0.29, 0.717) is 10.0 Å². The predicted octanol–water partition coefficient (Wildman–Crippen LogP) is 4.14. The molecule has 0 atom stereocenters. The Morgan fingerprint density at radius 2 is 1.89 bits per heavy atom. The molecule has 1 N–H and O–H groups in total. The number of benzene rings is 2. The molecular weight excluding hydrogens is 266 g/mol. The quantitative estimate of drug-likeness (QED) is 0.852. The van der Waals surface area contributed by atoms with Crippen LogP contribution in [0.15, 0.2) is 48.5 Å². The van der Waals surface area contributed by atoms with Crippen molar-refractivity contribution in [3.8, 4) is 5.75 Å². The molecule has 0 fully saturated rings. The van der Waals surface area contributed by atoms with Gasteiger partial charge in [0, 0.05) is 16.3 Å². The van der Waals surface area contributed by atoms with Crippen molar-refractivity contribution in [2.45, 2.75) is 0 Å². The van der Waals surface area contributed by atoms with Crippen LogP contribution in [0.3, 0.4) is 0 Å². The fourth-order valence-electron chi connectivity index (χ4n) is 1.51. The molecule has 0 bridgehead atoms. The van der Waals surface area contributed by atoms with E-state index < -0.39 is 0 Å². The Morgan fingerprint density at radius 1 is 1.17 bits per heavy atom. The van der Waals surface area contributed by atoms with Gasteiger partial charge in [0.15, 0.2) is 0 Å². The van der Waals surface area contributed by atoms with Gasteiger partial charge in [-0.25, -0.2) is 0 Å². The van der Waals surface area contributed by atoms with Crippen LogP contribution in [0.2, 0.25) is 5.02 Å². The lowest BCUT2D eigenvalue weighted by atomic mass is 10.2. The van der Waals surface area contributed by atoms with Crippen molar-refractivity contribution in [2.24, 2.45) is 0 Å². The fourth-order valence-corrected chi connectivity index (χ4v) is 1.96. The fraction of sp³-hybridized carbons (Fsp3) is 0.0714. The molecule has 2 nitrogen and oxygen atoms in total. The first kappa shape index (κ1) is 12.9. The van der Waals surface area contributed by atoms with Crippen LogP contribution in [0, 0.1) is 0 Å². The Hall–Kier alpha value is -1.58. The molecule has 2 aromatic carbocycles. The highest BCUT2D eigenvalue weighted by molar-refractivity contribution is 7.81. The Kier molecular flexibility index (Phi) is 4.18. The van der Waals surface area contributed by atoms with Gasteiger partial charge in [-0.15, -0.1) is 0 Å². The van der Waals surface area contributed by atoms with Crippen molar-refractivity contribution in [1.29, 1.82) is 0 Å². The molecule has 4 heteroatoms. The molecule has 2 aromatic rings. The molecular formula is C14H12ClNOS. The minimum Gasteiger partial charge on any atom is -0.497 e. The third-order valence-electron chi connectivity index (χ3n) is 2.43. The zero-order chi connectivity index (χ0) is 13.0. The highest BCUT2D eigenvalue weighted by Crippen LogP contribution is 2.17. The number of nitrogens with one attached hydrogen (secondary N) is 1. The second-order valence-corrected chi connectivity index (χ2v) is 4.54. The maximum Gasteiger partial charge on any atom is 0.118 e. The zero-order valence-corrected chi connectivity index (χ0v) is 11.4. The van der Waals surface area contributed by atoms with E-state index in [-0.39, 0.29) is 0 Å². The van der Waals surface area contributed by atoms with Gasteiger partial charge in [-0.1, -0.05) is 29.9 Å². The first-order valence-corrected chi connectivity index (χ1v) is 6.18. The van der Waals surface area contributed by atoms with Crippen LogP contribution in [0.4, 0.5) is 5.69 Å². The summed E-state index contributed by atoms with van der Waals surface area (Å²) >= 11 is 11.2. The molecule has 0 unspecified atom stereocenters. The van der Waals surface area contributed by atoms with E-state index in [9.17, 15) is 0 Å². The van der Waals surface area contributed by atoms with Gasteiger partial charge in [0.25, 0.3) is 0 Å². The number of halogens is 1. The highest BCUT2D eigenvalue weighted by atomic mass is 35.5. The number of methoxy groups -OCH3 is 1. The van der Waals surface area contributed by atoms with Crippen molar-refractivity contribution < 1.29 is 4.74 Å². The monoisotopic (exact) mass is 277 g/mol. The van der Waals surface area contributed by atoms with E-state index in [1.165, 1.54) is 0 Å². The van der Waals surface area contributed by atoms with Crippen molar-refractivity contribution in [1.82, 2.24) is 0 Å². The molecule has 18 heavy (non-hydrogen) atoms. The van der Waals surface area contributed by atoms with Crippen LogP contribution < -0.4 is 10.1 Å². The van der Waals surface area contributed by atoms with Gasteiger partial charge in [-0.05, 0) is 42.5 Å². The maximum atomic E-state index is 5.91. The van der Waals surface area contributed by atoms with Gasteiger partial charge in [0.1, 0.15) is 10.7 Å². The number of rotatable bonds is 3. The summed E-state index contributed by atoms with van der Waals surface area (Å²) in [5.74, 6) is 0.810. The van der Waals surface area contributed by atoms with Crippen LogP contribution in [0.1, 0.15) is 5.56 Å². The van der Waals surface area contributed by atoms with Gasteiger partial charge in [0.2, 0.25) is 0 Å². The molecule has 0 aliphatic rings. The first-order chi connectivity index (χ1) is 8.69. The standard InChI is InChI=1S/C14H12ClNOS/c1-17-13-7-5-10(6-8-13)14(18)16-12-4-2-3-11(15)9-12/h2-9H,1H3,(H,16,18). The summed E-state index contributed by atoms with van der Waals surface area (Å²) in [7, 11) is 1.64. The lowest BCUT2D eigenvalue weighted by molar-refractivity contribution is 0.415. The van der Waals surface area contributed by atoms with Crippen molar-refractivity contribution in [3.05, 3.63) is 59.1 Å². The molecule has 0 aromatic heterocycles. The van der Waals surface area contributed by atoms with E-state index in [1.54, 1.807) is 7.11 Å². The van der Waals surface area contributed by atoms with E-state index >= 15 is 0 Å². The summed E-state index contributed by atoms with van der Waals surface area (Å²) in [4.78, 5) is 0.653. The summed E-state index contributed by atoms with van der Waals surface area (Å²) in [5, 5.41) is 3.82. The Morgan fingerprint density at radius 3 is 2.50 bits per heavy atom. The third kappa shape index (κ3) is 3.22. The van der Waals surface area contributed by atoms with Gasteiger partial charge in [0.05, 0.1) is 7.11 Å². The SMILES string of the molecule is COc1ccc(C(=S)Nc2cccc(Cl)c2)cc1. The van der Waals surface area contributed by atoms with Crippen LogP contribution >= 0.6 is 23.8 Å². The largest absolute Gasteiger partial charge is 0.497 e. The summed E-state index contributed by atoms with van der Waals surface area (Å²) in [6.45, 7) is 0. The third-order valence-corrected chi connectivity index (χ3v) is 3.01. The van der Waals surface area contributed by atoms with Crippen LogP contribution in [-0.2, 0) is 0 Å². The molecule has 0 aliphatic heterocycles. The lowest BCUT2D eigenvalue weighted by Crippen LogP contribution is -2.10. The molecule has 0 amide bonds. The number of hydrogen-bond acceptors (Lipinski definition) is 2. The molecule has 0 heterocycles. The number of anilines is 1. The summed E-state index contributed by atoms with van der Waals surface area (Å²) < 4.78 is 5.10. The molecule has 0 radical (unpaired) electrons. The van der Waals surface area contributed by atoms with Crippen molar-refractivity contribution >= 4 is 34.5 Å². The minimum absolute atomic E-state index is 0.653. The smallest absolute Gasteiger partial charge is 0.118 e. The minimum atomic E-state index is 0.653. The zero-order valence-electron chi connectivity index (χ0n) is 9.81. The molecule has 0 saturated carbocycles. The number of thiocarbonyl (C=S) groups is 1. The molecule has 0 spiro atoms. The van der Waals surface area contributed by atoms with Gasteiger partial charge in [-0.2, -0.15) is 0 Å². The Bertz CT molecular complexity index is 554. The topological polar surface area (TPSA) is 21.3 Å². The molecule has 92 valence electrons. The molecule has 2 rings (SSSR count). The Labute approximate surface area is 117 Å². The second kappa shape index (κ2) is 5.85. The van der Waals surface area contributed by atoms with E-state index in [4.69, 9.17) is 28.6 Å². The average molecular weight is 278 g/mol. The van der Waals surface area contributed by atoms with Crippen molar-refractivity contribution in [2.75, 3.05) is 12.4 Å². The van der Waals surface area contributed by atoms with E-state index in [1.807, 2.05) is 48.5 Å². The highest BCUT2D eigenvalue weighted by Gasteiger charge is 2.02. The van der Waals surface area contributed by atoms with Gasteiger partial charge < -0.3 is 10.1 Å². The predicted molar refractivity (Wildman–Crippen MR) is 79.8 cm³/mol. The maximum absolute atomic E-state index is 5.91. The van der Waals surface area contributed by atoms with Crippen LogP contribution in [0.5, 0.6) is 5.75 Å². The van der Waals surface area contributed by atoms with Crippen LogP contribution in [-0.4, -0.2) is 12.1 Å². The van der Waals surface area contributed by atoms with Crippen LogP contribution in [0.25, 0.3) is 0 Å². The summed E-state index contributed by atoms with van der Waals surface area (Å²) in [6.07, 6.45) is 0. The first-order valence-electron chi connectivity index (χ1n) is 5.40. The number of ether oxygens (including phenoxy) is 1. The average Bonchev–Trinajstić information content (AvgIpc) is 2.39. The molecule has 0 aliphatic carbocycles. The normalized spacial score (nSPS) is 9.89. The van der Waals surface area contributed by atoms with Gasteiger partial charge in [-0.3, -0.25) is 0 Å². The summed E-state index contributed by atoms with van der Waals surface area (Å²) in [5.41, 5.74) is 1.81. The molecule has 0 saturated heterocycles. The lowest BCUT2D eigenvalue weighted by Gasteiger charge is -2.09. The van der Waals surface area contributed by atoms with E-state index in [2.05, 4.69) is 5.32 Å². The number of hydrogen-bond donors (Lipinski definition) is 1. The summed E-state index contributed by atoms with van der Waals surface area (Å²) in [6, 6.07) is 15.0.